The Balaban J connectivity index is 1.42. The van der Waals surface area contributed by atoms with Gasteiger partial charge in [-0.3, -0.25) is 9.59 Å². The number of methoxy groups -OCH3 is 2. The van der Waals surface area contributed by atoms with Crippen LogP contribution in [0.5, 0.6) is 23.0 Å². The molecule has 1 spiro atoms. The monoisotopic (exact) mass is 479 g/mol. The van der Waals surface area contributed by atoms with E-state index in [0.717, 1.165) is 0 Å². The molecule has 9 heteroatoms. The zero-order valence-corrected chi connectivity index (χ0v) is 19.3. The number of benzene rings is 2. The summed E-state index contributed by atoms with van der Waals surface area (Å²) in [6, 6.07) is 8.24. The van der Waals surface area contributed by atoms with Crippen LogP contribution in [0.3, 0.4) is 0 Å². The maximum Gasteiger partial charge on any atom is 0.260 e. The largest absolute Gasteiger partial charge is 0.493 e. The summed E-state index contributed by atoms with van der Waals surface area (Å²) in [7, 11) is 3.05. The van der Waals surface area contributed by atoms with Crippen molar-refractivity contribution in [3.63, 3.8) is 0 Å². The summed E-state index contributed by atoms with van der Waals surface area (Å²) in [4.78, 5) is 27.2. The molecule has 1 amide bonds. The number of rotatable bonds is 5. The Morgan fingerprint density at radius 1 is 1.09 bits per heavy atom. The van der Waals surface area contributed by atoms with Gasteiger partial charge in [0, 0.05) is 37.0 Å². The van der Waals surface area contributed by atoms with Crippen molar-refractivity contribution in [1.82, 2.24) is 4.90 Å². The number of fused-ring (bicyclic) bond motifs is 1. The molecule has 2 aromatic rings. The minimum Gasteiger partial charge on any atom is -0.493 e. The number of amides is 1. The third kappa shape index (κ3) is 4.32. The fourth-order valence-corrected chi connectivity index (χ4v) is 4.46. The molecule has 0 saturated carbocycles. The van der Waals surface area contributed by atoms with Crippen LogP contribution in [0, 0.1) is 0 Å². The third-order valence-electron chi connectivity index (χ3n) is 5.87. The number of halogens is 2. The molecule has 0 unspecified atom stereocenters. The lowest BCUT2D eigenvalue weighted by Gasteiger charge is -2.44. The number of Topliss-reactive ketones (excluding diaryl/α,β-unsaturated/α-hetero) is 1. The Labute approximate surface area is 196 Å². The van der Waals surface area contributed by atoms with Crippen molar-refractivity contribution in [1.29, 1.82) is 0 Å². The molecule has 7 nitrogen and oxygen atoms in total. The Kier molecular flexibility index (Phi) is 6.40. The summed E-state index contributed by atoms with van der Waals surface area (Å²) in [6.45, 7) is 0.738. The second-order valence-electron chi connectivity index (χ2n) is 7.81. The third-order valence-corrected chi connectivity index (χ3v) is 6.42. The van der Waals surface area contributed by atoms with Gasteiger partial charge in [0.1, 0.15) is 11.4 Å². The van der Waals surface area contributed by atoms with E-state index >= 15 is 0 Å². The zero-order valence-electron chi connectivity index (χ0n) is 17.8. The van der Waals surface area contributed by atoms with Crippen molar-refractivity contribution >= 4 is 34.9 Å². The molecule has 1 fully saturated rings. The number of carbonyl (C=O) groups is 2. The lowest BCUT2D eigenvalue weighted by molar-refractivity contribution is -0.137. The summed E-state index contributed by atoms with van der Waals surface area (Å²) >= 11 is 12.0. The van der Waals surface area contributed by atoms with Crippen LogP contribution in [0.1, 0.15) is 29.6 Å². The number of likely N-dealkylation sites (tertiary alicyclic amines) is 1. The van der Waals surface area contributed by atoms with Gasteiger partial charge in [0.2, 0.25) is 5.75 Å². The molecule has 1 saturated heterocycles. The summed E-state index contributed by atoms with van der Waals surface area (Å²) in [5, 5.41) is 0.861. The topological polar surface area (TPSA) is 74.3 Å². The van der Waals surface area contributed by atoms with Crippen LogP contribution in [0.25, 0.3) is 0 Å². The van der Waals surface area contributed by atoms with Crippen LogP contribution in [-0.2, 0) is 4.79 Å². The number of piperidine rings is 1. The molecule has 2 aliphatic rings. The SMILES string of the molecule is COc1ccc2c(c1OC)OC1(CCN(C(=O)COc3cc(Cl)ccc3Cl)CC1)CC2=O. The molecule has 0 radical (unpaired) electrons. The summed E-state index contributed by atoms with van der Waals surface area (Å²) in [5.74, 6) is 1.49. The summed E-state index contributed by atoms with van der Waals surface area (Å²) in [5.41, 5.74) is -0.198. The summed E-state index contributed by atoms with van der Waals surface area (Å²) in [6.07, 6.45) is 1.29. The maximum atomic E-state index is 12.9. The number of hydrogen-bond acceptors (Lipinski definition) is 6. The first-order chi connectivity index (χ1) is 15.4. The standard InChI is InChI=1S/C23H23Cl2NO6/c1-29-18-6-4-15-17(27)12-23(32-21(15)22(18)30-2)7-9-26(10-8-23)20(28)13-31-19-11-14(24)3-5-16(19)25/h3-6,11H,7-10,12-13H2,1-2H3. The molecule has 2 heterocycles. The minimum absolute atomic E-state index is 0.00842. The van der Waals surface area contributed by atoms with Gasteiger partial charge >= 0.3 is 0 Å². The van der Waals surface area contributed by atoms with Gasteiger partial charge in [-0.15, -0.1) is 0 Å². The average Bonchev–Trinajstić information content (AvgIpc) is 2.79. The van der Waals surface area contributed by atoms with Gasteiger partial charge in [0.15, 0.2) is 23.9 Å². The quantitative estimate of drug-likeness (QED) is 0.631. The van der Waals surface area contributed by atoms with E-state index < -0.39 is 5.60 Å². The molecule has 0 bridgehead atoms. The highest BCUT2D eigenvalue weighted by molar-refractivity contribution is 6.34. The molecule has 170 valence electrons. The van der Waals surface area contributed by atoms with Crippen molar-refractivity contribution in [3.8, 4) is 23.0 Å². The van der Waals surface area contributed by atoms with Gasteiger partial charge in [-0.1, -0.05) is 23.2 Å². The number of carbonyl (C=O) groups excluding carboxylic acids is 2. The molecule has 4 rings (SSSR count). The van der Waals surface area contributed by atoms with Gasteiger partial charge in [0.05, 0.1) is 31.2 Å². The highest BCUT2D eigenvalue weighted by Crippen LogP contribution is 2.47. The highest BCUT2D eigenvalue weighted by atomic mass is 35.5. The summed E-state index contributed by atoms with van der Waals surface area (Å²) < 4.78 is 22.7. The van der Waals surface area contributed by atoms with E-state index in [0.29, 0.717) is 64.5 Å². The van der Waals surface area contributed by atoms with Crippen LogP contribution in [0.4, 0.5) is 0 Å². The predicted molar refractivity (Wildman–Crippen MR) is 120 cm³/mol. The van der Waals surface area contributed by atoms with Gasteiger partial charge in [0.25, 0.3) is 5.91 Å². The van der Waals surface area contributed by atoms with E-state index in [1.54, 1.807) is 35.2 Å². The van der Waals surface area contributed by atoms with Crippen LogP contribution in [0.2, 0.25) is 10.0 Å². The second-order valence-corrected chi connectivity index (χ2v) is 8.65. The number of ether oxygens (including phenoxy) is 4. The van der Waals surface area contributed by atoms with Crippen molar-refractivity contribution < 1.29 is 28.5 Å². The van der Waals surface area contributed by atoms with Crippen LogP contribution >= 0.6 is 23.2 Å². The molecule has 0 atom stereocenters. The number of hydrogen-bond donors (Lipinski definition) is 0. The average molecular weight is 480 g/mol. The maximum absolute atomic E-state index is 12.9. The Morgan fingerprint density at radius 2 is 1.84 bits per heavy atom. The van der Waals surface area contributed by atoms with Gasteiger partial charge in [-0.25, -0.2) is 0 Å². The Hall–Kier alpha value is -2.64. The van der Waals surface area contributed by atoms with Crippen molar-refractivity contribution in [2.24, 2.45) is 0 Å². The molecule has 2 aliphatic heterocycles. The molecule has 0 N–H and O–H groups in total. The lowest BCUT2D eigenvalue weighted by Crippen LogP contribution is -2.53. The Morgan fingerprint density at radius 3 is 2.53 bits per heavy atom. The van der Waals surface area contributed by atoms with Gasteiger partial charge in [-0.2, -0.15) is 0 Å². The number of ketones is 1. The lowest BCUT2D eigenvalue weighted by atomic mass is 9.82. The highest BCUT2D eigenvalue weighted by Gasteiger charge is 2.45. The smallest absolute Gasteiger partial charge is 0.260 e. The van der Waals surface area contributed by atoms with E-state index in [4.69, 9.17) is 42.1 Å². The van der Waals surface area contributed by atoms with Crippen molar-refractivity contribution in [2.45, 2.75) is 24.9 Å². The van der Waals surface area contributed by atoms with Gasteiger partial charge in [-0.05, 0) is 24.3 Å². The first kappa shape index (κ1) is 22.6. The first-order valence-electron chi connectivity index (χ1n) is 10.2. The van der Waals surface area contributed by atoms with Crippen LogP contribution in [0.15, 0.2) is 30.3 Å². The van der Waals surface area contributed by atoms with E-state index in [9.17, 15) is 9.59 Å². The van der Waals surface area contributed by atoms with E-state index in [-0.39, 0.29) is 24.7 Å². The molecule has 0 aliphatic carbocycles. The predicted octanol–water partition coefficient (Wildman–Crippen LogP) is 4.42. The molecular formula is C23H23Cl2NO6. The van der Waals surface area contributed by atoms with E-state index in [1.807, 2.05) is 0 Å². The normalized spacial score (nSPS) is 16.9. The fourth-order valence-electron chi connectivity index (χ4n) is 4.12. The van der Waals surface area contributed by atoms with Crippen molar-refractivity contribution in [3.05, 3.63) is 45.9 Å². The minimum atomic E-state index is -0.683. The van der Waals surface area contributed by atoms with Crippen LogP contribution < -0.4 is 18.9 Å². The molecular weight excluding hydrogens is 457 g/mol. The molecule has 2 aromatic carbocycles. The van der Waals surface area contributed by atoms with E-state index in [1.165, 1.54) is 14.2 Å². The van der Waals surface area contributed by atoms with Crippen molar-refractivity contribution in [2.75, 3.05) is 33.9 Å². The Bertz CT molecular complexity index is 1050. The molecule has 0 aromatic heterocycles. The molecule has 32 heavy (non-hydrogen) atoms. The fraction of sp³-hybridized carbons (Fsp3) is 0.391. The zero-order chi connectivity index (χ0) is 22.9. The van der Waals surface area contributed by atoms with Gasteiger partial charge < -0.3 is 23.8 Å². The first-order valence-corrected chi connectivity index (χ1v) is 10.9. The van der Waals surface area contributed by atoms with E-state index in [2.05, 4.69) is 0 Å². The second kappa shape index (κ2) is 9.08. The van der Waals surface area contributed by atoms with Crippen LogP contribution in [-0.4, -0.2) is 56.1 Å². The number of nitrogens with zero attached hydrogens (tertiary/aromatic N) is 1.